The molecule has 1 rings (SSSR count). The zero-order valence-corrected chi connectivity index (χ0v) is 11.2. The van der Waals surface area contributed by atoms with Gasteiger partial charge in [0.05, 0.1) is 11.1 Å². The molecule has 0 aliphatic carbocycles. The highest BCUT2D eigenvalue weighted by Crippen LogP contribution is 2.30. The van der Waals surface area contributed by atoms with Crippen LogP contribution in [0.1, 0.15) is 25.3 Å². The molecule has 96 valence electrons. The number of halogens is 2. The van der Waals surface area contributed by atoms with Crippen molar-refractivity contribution in [3.05, 3.63) is 27.7 Å². The Hall–Kier alpha value is -0.480. The zero-order chi connectivity index (χ0) is 12.8. The second-order valence-electron chi connectivity index (χ2n) is 3.92. The summed E-state index contributed by atoms with van der Waals surface area (Å²) in [5, 5.41) is 22.9. The summed E-state index contributed by atoms with van der Waals surface area (Å²) < 4.78 is 0. The molecule has 0 saturated carbocycles. The molecule has 1 unspecified atom stereocenters. The zero-order valence-electron chi connectivity index (χ0n) is 9.71. The van der Waals surface area contributed by atoms with Crippen LogP contribution in [-0.2, 0) is 6.54 Å². The number of aromatic hydroxyl groups is 1. The third kappa shape index (κ3) is 4.72. The van der Waals surface area contributed by atoms with E-state index in [4.69, 9.17) is 23.2 Å². The quantitative estimate of drug-likeness (QED) is 0.701. The lowest BCUT2D eigenvalue weighted by Crippen LogP contribution is -2.19. The second-order valence-corrected chi connectivity index (χ2v) is 4.77. The first-order chi connectivity index (χ1) is 8.04. The smallest absolute Gasteiger partial charge is 0.138 e. The fourth-order valence-corrected chi connectivity index (χ4v) is 1.99. The van der Waals surface area contributed by atoms with Crippen LogP contribution >= 0.6 is 23.2 Å². The van der Waals surface area contributed by atoms with Gasteiger partial charge in [0.2, 0.25) is 0 Å². The Morgan fingerprint density at radius 1 is 1.35 bits per heavy atom. The Bertz CT molecular complexity index is 372. The fourth-order valence-electron chi connectivity index (χ4n) is 1.45. The summed E-state index contributed by atoms with van der Waals surface area (Å²) >= 11 is 11.6. The Kier molecular flexibility index (Phi) is 6.06. The maximum absolute atomic E-state index is 9.70. The number of phenols is 1. The van der Waals surface area contributed by atoms with E-state index >= 15 is 0 Å². The first kappa shape index (κ1) is 14.6. The minimum Gasteiger partial charge on any atom is -0.506 e. The van der Waals surface area contributed by atoms with Crippen molar-refractivity contribution in [1.82, 2.24) is 5.32 Å². The molecule has 3 N–H and O–H groups in total. The van der Waals surface area contributed by atoms with E-state index in [2.05, 4.69) is 5.32 Å². The van der Waals surface area contributed by atoms with E-state index in [9.17, 15) is 10.2 Å². The summed E-state index contributed by atoms with van der Waals surface area (Å²) in [6.45, 7) is 3.09. The van der Waals surface area contributed by atoms with E-state index in [1.165, 1.54) is 6.07 Å². The highest BCUT2D eigenvalue weighted by Gasteiger charge is 2.07. The first-order valence-electron chi connectivity index (χ1n) is 5.60. The molecule has 0 spiro atoms. The average molecular weight is 278 g/mol. The van der Waals surface area contributed by atoms with Crippen molar-refractivity contribution < 1.29 is 10.2 Å². The van der Waals surface area contributed by atoms with Crippen molar-refractivity contribution in [1.29, 1.82) is 0 Å². The predicted octanol–water partition coefficient (Wildman–Crippen LogP) is 2.95. The normalized spacial score (nSPS) is 12.7. The Morgan fingerprint density at radius 3 is 2.71 bits per heavy atom. The van der Waals surface area contributed by atoms with Crippen molar-refractivity contribution >= 4 is 23.2 Å². The van der Waals surface area contributed by atoms with Crippen LogP contribution < -0.4 is 5.32 Å². The second kappa shape index (κ2) is 7.07. The molecule has 0 aliphatic rings. The van der Waals surface area contributed by atoms with Crippen molar-refractivity contribution in [2.75, 3.05) is 6.54 Å². The Balaban J connectivity index is 2.47. The van der Waals surface area contributed by atoms with Gasteiger partial charge in [0.1, 0.15) is 5.75 Å². The van der Waals surface area contributed by atoms with Gasteiger partial charge < -0.3 is 15.5 Å². The van der Waals surface area contributed by atoms with Gasteiger partial charge in [0.15, 0.2) is 0 Å². The van der Waals surface area contributed by atoms with Crippen molar-refractivity contribution in [2.45, 2.75) is 32.4 Å². The monoisotopic (exact) mass is 277 g/mol. The van der Waals surface area contributed by atoms with Crippen LogP contribution in [0.4, 0.5) is 0 Å². The van der Waals surface area contributed by atoms with Crippen molar-refractivity contribution in [2.24, 2.45) is 0 Å². The molecule has 0 saturated heterocycles. The molecular weight excluding hydrogens is 261 g/mol. The van der Waals surface area contributed by atoms with Crippen LogP contribution in [0.25, 0.3) is 0 Å². The van der Waals surface area contributed by atoms with Crippen LogP contribution in [0.15, 0.2) is 12.1 Å². The molecule has 0 radical (unpaired) electrons. The molecule has 0 fully saturated rings. The van der Waals surface area contributed by atoms with E-state index < -0.39 is 0 Å². The number of phenolic OH excluding ortho intramolecular Hbond substituents is 1. The van der Waals surface area contributed by atoms with Crippen LogP contribution in [0.2, 0.25) is 10.0 Å². The standard InChI is InChI=1S/C12H17Cl2NO2/c1-2-10(16)3-4-15-7-8-5-9(13)6-11(14)12(8)17/h5-6,10,15-17H,2-4,7H2,1H3. The van der Waals surface area contributed by atoms with E-state index in [-0.39, 0.29) is 16.9 Å². The number of hydrogen-bond acceptors (Lipinski definition) is 3. The predicted molar refractivity (Wildman–Crippen MR) is 70.7 cm³/mol. The van der Waals surface area contributed by atoms with Crippen LogP contribution in [0.5, 0.6) is 5.75 Å². The molecule has 17 heavy (non-hydrogen) atoms. The Morgan fingerprint density at radius 2 is 2.06 bits per heavy atom. The molecule has 5 heteroatoms. The van der Waals surface area contributed by atoms with E-state index in [1.807, 2.05) is 6.92 Å². The third-order valence-corrected chi connectivity index (χ3v) is 3.05. The van der Waals surface area contributed by atoms with Gasteiger partial charge in [-0.2, -0.15) is 0 Å². The lowest BCUT2D eigenvalue weighted by molar-refractivity contribution is 0.159. The first-order valence-corrected chi connectivity index (χ1v) is 6.35. The van der Waals surface area contributed by atoms with Crippen molar-refractivity contribution in [3.8, 4) is 5.75 Å². The lowest BCUT2D eigenvalue weighted by Gasteiger charge is -2.10. The maximum atomic E-state index is 9.70. The Labute approximate surface area is 111 Å². The number of aliphatic hydroxyl groups is 1. The molecule has 0 aromatic heterocycles. The number of benzene rings is 1. The highest BCUT2D eigenvalue weighted by molar-refractivity contribution is 6.35. The molecule has 1 aromatic carbocycles. The summed E-state index contributed by atoms with van der Waals surface area (Å²) in [6, 6.07) is 3.18. The van der Waals surface area contributed by atoms with Crippen molar-refractivity contribution in [3.63, 3.8) is 0 Å². The molecular formula is C12H17Cl2NO2. The number of rotatable bonds is 6. The molecule has 0 amide bonds. The van der Waals surface area contributed by atoms with Crippen LogP contribution in [0, 0.1) is 0 Å². The SMILES string of the molecule is CCC(O)CCNCc1cc(Cl)cc(Cl)c1O. The fraction of sp³-hybridized carbons (Fsp3) is 0.500. The van der Waals surface area contributed by atoms with Gasteiger partial charge in [0.25, 0.3) is 0 Å². The van der Waals surface area contributed by atoms with Gasteiger partial charge >= 0.3 is 0 Å². The molecule has 0 bridgehead atoms. The molecule has 3 nitrogen and oxygen atoms in total. The summed E-state index contributed by atoms with van der Waals surface area (Å²) in [5.41, 5.74) is 0.661. The largest absolute Gasteiger partial charge is 0.506 e. The van der Waals surface area contributed by atoms with Gasteiger partial charge in [-0.1, -0.05) is 30.1 Å². The van der Waals surface area contributed by atoms with Crippen LogP contribution in [-0.4, -0.2) is 22.9 Å². The number of nitrogens with one attached hydrogen (secondary N) is 1. The lowest BCUT2D eigenvalue weighted by atomic mass is 10.2. The van der Waals surface area contributed by atoms with Gasteiger partial charge in [-0.3, -0.25) is 0 Å². The summed E-state index contributed by atoms with van der Waals surface area (Å²) in [4.78, 5) is 0. The van der Waals surface area contributed by atoms with Gasteiger partial charge in [-0.25, -0.2) is 0 Å². The minimum absolute atomic E-state index is 0.0552. The average Bonchev–Trinajstić information content (AvgIpc) is 2.30. The third-order valence-electron chi connectivity index (χ3n) is 2.55. The molecule has 1 aromatic rings. The highest BCUT2D eigenvalue weighted by atomic mass is 35.5. The summed E-state index contributed by atoms with van der Waals surface area (Å²) in [7, 11) is 0. The van der Waals surface area contributed by atoms with Gasteiger partial charge in [-0.15, -0.1) is 0 Å². The topological polar surface area (TPSA) is 52.5 Å². The number of hydrogen-bond donors (Lipinski definition) is 3. The summed E-state index contributed by atoms with van der Waals surface area (Å²) in [5.74, 6) is 0.0552. The maximum Gasteiger partial charge on any atom is 0.138 e. The summed E-state index contributed by atoms with van der Waals surface area (Å²) in [6.07, 6.45) is 1.15. The number of aliphatic hydroxyl groups excluding tert-OH is 1. The minimum atomic E-state index is -0.279. The molecule has 1 atom stereocenters. The van der Waals surface area contributed by atoms with Gasteiger partial charge in [-0.05, 0) is 31.5 Å². The van der Waals surface area contributed by atoms with E-state index in [0.29, 0.717) is 30.1 Å². The molecule has 0 aliphatic heterocycles. The molecule has 0 heterocycles. The van der Waals surface area contributed by atoms with E-state index in [0.717, 1.165) is 6.42 Å². The van der Waals surface area contributed by atoms with E-state index in [1.54, 1.807) is 6.07 Å². The van der Waals surface area contributed by atoms with Gasteiger partial charge in [0, 0.05) is 17.1 Å². The van der Waals surface area contributed by atoms with Crippen LogP contribution in [0.3, 0.4) is 0 Å².